The fourth-order valence-corrected chi connectivity index (χ4v) is 2.20. The molecule has 1 N–H and O–H groups in total. The summed E-state index contributed by atoms with van der Waals surface area (Å²) < 4.78 is 0. The Hall–Kier alpha value is -1.98. The first-order valence-corrected chi connectivity index (χ1v) is 6.30. The van der Waals surface area contributed by atoms with Crippen LogP contribution in [0.1, 0.15) is 47.7 Å². The van der Waals surface area contributed by atoms with Crippen molar-refractivity contribution in [2.45, 2.75) is 26.7 Å². The van der Waals surface area contributed by atoms with E-state index in [1.54, 1.807) is 4.90 Å². The van der Waals surface area contributed by atoms with Crippen LogP contribution in [0.15, 0.2) is 12.4 Å². The minimum atomic E-state index is -1.15. The van der Waals surface area contributed by atoms with E-state index in [0.717, 1.165) is 19.0 Å². The molecule has 0 aromatic carbocycles. The van der Waals surface area contributed by atoms with Crippen LogP contribution in [0.3, 0.4) is 0 Å². The molecule has 0 saturated carbocycles. The average molecular weight is 263 g/mol. The van der Waals surface area contributed by atoms with Crippen molar-refractivity contribution in [1.82, 2.24) is 14.9 Å². The lowest BCUT2D eigenvalue weighted by Crippen LogP contribution is -2.31. The van der Waals surface area contributed by atoms with Gasteiger partial charge in [-0.25, -0.2) is 14.8 Å². The molecular weight excluding hydrogens is 246 g/mol. The Labute approximate surface area is 111 Å². The first kappa shape index (κ1) is 13.5. The van der Waals surface area contributed by atoms with E-state index in [-0.39, 0.29) is 22.7 Å². The Morgan fingerprint density at radius 2 is 2.00 bits per heavy atom. The van der Waals surface area contributed by atoms with Crippen molar-refractivity contribution in [3.63, 3.8) is 0 Å². The van der Waals surface area contributed by atoms with Gasteiger partial charge in [-0.2, -0.15) is 0 Å². The number of nitrogens with zero attached hydrogens (tertiary/aromatic N) is 3. The molecule has 0 radical (unpaired) electrons. The van der Waals surface area contributed by atoms with Gasteiger partial charge in [0.25, 0.3) is 5.91 Å². The molecule has 1 aliphatic heterocycles. The molecule has 2 rings (SSSR count). The number of carboxylic acid groups (broad SMARTS) is 1. The molecule has 1 saturated heterocycles. The van der Waals surface area contributed by atoms with Gasteiger partial charge in [-0.1, -0.05) is 13.8 Å². The third kappa shape index (κ3) is 2.72. The predicted octanol–water partition coefficient (Wildman–Crippen LogP) is 1.44. The zero-order chi connectivity index (χ0) is 14.0. The Bertz CT molecular complexity index is 500. The Morgan fingerprint density at radius 1 is 1.37 bits per heavy atom. The minimum Gasteiger partial charge on any atom is -0.476 e. The van der Waals surface area contributed by atoms with Gasteiger partial charge in [-0.15, -0.1) is 0 Å². The fourth-order valence-electron chi connectivity index (χ4n) is 2.20. The third-order valence-electron chi connectivity index (χ3n) is 3.79. The largest absolute Gasteiger partial charge is 0.476 e. The second-order valence-corrected chi connectivity index (χ2v) is 5.23. The van der Waals surface area contributed by atoms with E-state index in [9.17, 15) is 9.59 Å². The highest BCUT2D eigenvalue weighted by Gasteiger charge is 2.35. The normalized spacial score (nSPS) is 22.5. The second kappa shape index (κ2) is 4.95. The van der Waals surface area contributed by atoms with Gasteiger partial charge in [0.2, 0.25) is 0 Å². The lowest BCUT2D eigenvalue weighted by atomic mass is 9.87. The molecule has 1 unspecified atom stereocenters. The summed E-state index contributed by atoms with van der Waals surface area (Å²) in [5.74, 6) is -1.33. The van der Waals surface area contributed by atoms with Crippen LogP contribution in [0.2, 0.25) is 0 Å². The van der Waals surface area contributed by atoms with E-state index >= 15 is 0 Å². The van der Waals surface area contributed by atoms with Crippen molar-refractivity contribution in [2.75, 3.05) is 13.1 Å². The smallest absolute Gasteiger partial charge is 0.356 e. The van der Waals surface area contributed by atoms with Crippen molar-refractivity contribution >= 4 is 11.9 Å². The van der Waals surface area contributed by atoms with Crippen molar-refractivity contribution < 1.29 is 14.7 Å². The lowest BCUT2D eigenvalue weighted by Gasteiger charge is -2.22. The number of carbonyl (C=O) groups is 2. The van der Waals surface area contributed by atoms with Crippen LogP contribution in [0, 0.1) is 5.41 Å². The number of amides is 1. The number of hydrogen-bond donors (Lipinski definition) is 1. The molecule has 0 spiro atoms. The molecular formula is C13H17N3O3. The predicted molar refractivity (Wildman–Crippen MR) is 67.9 cm³/mol. The first-order chi connectivity index (χ1) is 8.95. The topological polar surface area (TPSA) is 83.4 Å². The molecule has 1 amide bonds. The quantitative estimate of drug-likeness (QED) is 0.892. The van der Waals surface area contributed by atoms with Gasteiger partial charge in [0.1, 0.15) is 5.69 Å². The molecule has 0 bridgehead atoms. The van der Waals surface area contributed by atoms with Crippen molar-refractivity contribution in [3.8, 4) is 0 Å². The highest BCUT2D eigenvalue weighted by atomic mass is 16.4. The summed E-state index contributed by atoms with van der Waals surface area (Å²) in [6.07, 6.45) is 4.36. The van der Waals surface area contributed by atoms with E-state index in [1.807, 2.05) is 0 Å². The van der Waals surface area contributed by atoms with E-state index in [2.05, 4.69) is 23.8 Å². The van der Waals surface area contributed by atoms with Gasteiger partial charge in [-0.05, 0) is 18.3 Å². The molecule has 6 heteroatoms. The van der Waals surface area contributed by atoms with Crippen molar-refractivity contribution in [3.05, 3.63) is 23.8 Å². The summed E-state index contributed by atoms with van der Waals surface area (Å²) in [4.78, 5) is 32.2. The molecule has 1 aliphatic rings. The number of carboxylic acids is 1. The van der Waals surface area contributed by atoms with Gasteiger partial charge in [0, 0.05) is 13.1 Å². The Kier molecular flexibility index (Phi) is 3.50. The van der Waals surface area contributed by atoms with Crippen LogP contribution < -0.4 is 0 Å². The summed E-state index contributed by atoms with van der Waals surface area (Å²) in [6.45, 7) is 5.71. The molecule has 0 aliphatic carbocycles. The molecule has 1 aromatic heterocycles. The Morgan fingerprint density at radius 3 is 2.47 bits per heavy atom. The molecule has 1 atom stereocenters. The third-order valence-corrected chi connectivity index (χ3v) is 3.79. The minimum absolute atomic E-state index is 0.156. The molecule has 19 heavy (non-hydrogen) atoms. The maximum absolute atomic E-state index is 12.2. The average Bonchev–Trinajstić information content (AvgIpc) is 2.81. The standard InChI is InChI=1S/C13H17N3O3/c1-3-13(2)4-5-16(8-13)11(17)9-6-15-10(7-14-9)12(18)19/h6-7H,3-5,8H2,1-2H3,(H,18,19). The zero-order valence-electron chi connectivity index (χ0n) is 11.1. The fraction of sp³-hybridized carbons (Fsp3) is 0.538. The van der Waals surface area contributed by atoms with E-state index < -0.39 is 5.97 Å². The molecule has 1 aromatic rings. The number of rotatable bonds is 3. The number of carbonyl (C=O) groups excluding carboxylic acids is 1. The maximum Gasteiger partial charge on any atom is 0.356 e. The highest BCUT2D eigenvalue weighted by Crippen LogP contribution is 2.33. The molecule has 2 heterocycles. The van der Waals surface area contributed by atoms with Gasteiger partial charge >= 0.3 is 5.97 Å². The summed E-state index contributed by atoms with van der Waals surface area (Å²) in [6, 6.07) is 0. The van der Waals surface area contributed by atoms with Gasteiger partial charge in [0.15, 0.2) is 5.69 Å². The molecule has 6 nitrogen and oxygen atoms in total. The van der Waals surface area contributed by atoms with E-state index in [1.165, 1.54) is 6.20 Å². The van der Waals surface area contributed by atoms with Crippen LogP contribution in [0.25, 0.3) is 0 Å². The first-order valence-electron chi connectivity index (χ1n) is 6.30. The number of aromatic nitrogens is 2. The highest BCUT2D eigenvalue weighted by molar-refractivity contribution is 5.93. The van der Waals surface area contributed by atoms with Crippen LogP contribution in [-0.2, 0) is 0 Å². The number of hydrogen-bond acceptors (Lipinski definition) is 4. The lowest BCUT2D eigenvalue weighted by molar-refractivity contribution is 0.0686. The van der Waals surface area contributed by atoms with Crippen LogP contribution in [0.5, 0.6) is 0 Å². The van der Waals surface area contributed by atoms with Gasteiger partial charge in [0.05, 0.1) is 12.4 Å². The Balaban J connectivity index is 2.10. The summed E-state index contributed by atoms with van der Waals surface area (Å²) in [5, 5.41) is 8.73. The van der Waals surface area contributed by atoms with Crippen molar-refractivity contribution in [2.24, 2.45) is 5.41 Å². The van der Waals surface area contributed by atoms with Crippen LogP contribution in [0.4, 0.5) is 0 Å². The number of likely N-dealkylation sites (tertiary alicyclic amines) is 1. The van der Waals surface area contributed by atoms with E-state index in [4.69, 9.17) is 5.11 Å². The SMILES string of the molecule is CCC1(C)CCN(C(=O)c2cnc(C(=O)O)cn2)C1. The number of aromatic carboxylic acids is 1. The summed E-state index contributed by atoms with van der Waals surface area (Å²) in [7, 11) is 0. The summed E-state index contributed by atoms with van der Waals surface area (Å²) >= 11 is 0. The second-order valence-electron chi connectivity index (χ2n) is 5.23. The monoisotopic (exact) mass is 263 g/mol. The zero-order valence-corrected chi connectivity index (χ0v) is 11.1. The van der Waals surface area contributed by atoms with Crippen LogP contribution >= 0.6 is 0 Å². The maximum atomic E-state index is 12.2. The van der Waals surface area contributed by atoms with Gasteiger partial charge < -0.3 is 10.0 Å². The van der Waals surface area contributed by atoms with Crippen molar-refractivity contribution in [1.29, 1.82) is 0 Å². The van der Waals surface area contributed by atoms with Crippen LogP contribution in [-0.4, -0.2) is 44.9 Å². The molecule has 1 fully saturated rings. The molecule has 102 valence electrons. The summed E-state index contributed by atoms with van der Waals surface area (Å²) in [5.41, 5.74) is 0.214. The van der Waals surface area contributed by atoms with Gasteiger partial charge in [-0.3, -0.25) is 4.79 Å². The van der Waals surface area contributed by atoms with E-state index in [0.29, 0.717) is 13.1 Å².